The minimum Gasteiger partial charge on any atom is -0.372 e. The van der Waals surface area contributed by atoms with Crippen LogP contribution in [0.25, 0.3) is 0 Å². The van der Waals surface area contributed by atoms with Gasteiger partial charge in [-0.2, -0.15) is 13.2 Å². The lowest BCUT2D eigenvalue weighted by Gasteiger charge is -2.27. The van der Waals surface area contributed by atoms with Gasteiger partial charge in [0.05, 0.1) is 18.3 Å². The molecule has 0 radical (unpaired) electrons. The molecule has 1 aliphatic rings. The Balaban J connectivity index is 2.51. The molecular formula is C11H12F3NO. The number of nitrogens with two attached hydrogens (primary N) is 1. The maximum absolute atomic E-state index is 12.7. The zero-order chi connectivity index (χ0) is 11.8. The van der Waals surface area contributed by atoms with E-state index in [-0.39, 0.29) is 6.54 Å². The van der Waals surface area contributed by atoms with Crippen molar-refractivity contribution in [3.8, 4) is 0 Å². The van der Waals surface area contributed by atoms with Crippen LogP contribution in [-0.2, 0) is 17.3 Å². The van der Waals surface area contributed by atoms with Crippen LogP contribution < -0.4 is 5.73 Å². The molecule has 88 valence electrons. The van der Waals surface area contributed by atoms with Gasteiger partial charge in [-0.1, -0.05) is 12.1 Å². The summed E-state index contributed by atoms with van der Waals surface area (Å²) in [4.78, 5) is 0. The van der Waals surface area contributed by atoms with Gasteiger partial charge in [0.1, 0.15) is 0 Å². The van der Waals surface area contributed by atoms with E-state index >= 15 is 0 Å². The average Bonchev–Trinajstić information content (AvgIpc) is 2.26. The number of halogens is 3. The molecular weight excluding hydrogens is 219 g/mol. The van der Waals surface area contributed by atoms with Crippen molar-refractivity contribution in [3.63, 3.8) is 0 Å². The first kappa shape index (κ1) is 11.4. The summed E-state index contributed by atoms with van der Waals surface area (Å²) in [6.07, 6.45) is -4.42. The molecule has 0 fully saturated rings. The molecule has 0 bridgehead atoms. The van der Waals surface area contributed by atoms with Crippen molar-refractivity contribution in [2.24, 2.45) is 5.73 Å². The Bertz CT molecular complexity index is 389. The van der Waals surface area contributed by atoms with Crippen molar-refractivity contribution in [2.75, 3.05) is 13.2 Å². The van der Waals surface area contributed by atoms with Gasteiger partial charge >= 0.3 is 6.18 Å². The first-order valence-electron chi connectivity index (χ1n) is 5.04. The molecule has 16 heavy (non-hydrogen) atoms. The maximum Gasteiger partial charge on any atom is 0.416 e. The van der Waals surface area contributed by atoms with E-state index in [1.165, 1.54) is 6.07 Å². The largest absolute Gasteiger partial charge is 0.416 e. The van der Waals surface area contributed by atoms with Crippen molar-refractivity contribution in [1.82, 2.24) is 0 Å². The van der Waals surface area contributed by atoms with E-state index in [1.807, 2.05) is 0 Å². The van der Waals surface area contributed by atoms with E-state index in [2.05, 4.69) is 0 Å². The molecule has 2 N–H and O–H groups in total. The first-order chi connectivity index (χ1) is 7.54. The summed E-state index contributed by atoms with van der Waals surface area (Å²) < 4.78 is 43.5. The monoisotopic (exact) mass is 231 g/mol. The molecule has 1 unspecified atom stereocenters. The van der Waals surface area contributed by atoms with Gasteiger partial charge in [0.25, 0.3) is 0 Å². The molecule has 1 aromatic rings. The van der Waals surface area contributed by atoms with Crippen molar-refractivity contribution in [1.29, 1.82) is 0 Å². The summed E-state index contributed by atoms with van der Waals surface area (Å²) in [6, 6.07) is 4.16. The van der Waals surface area contributed by atoms with Crippen LogP contribution >= 0.6 is 0 Å². The summed E-state index contributed by atoms with van der Waals surface area (Å²) >= 11 is 0. The Morgan fingerprint density at radius 3 is 2.75 bits per heavy atom. The SMILES string of the molecule is NCC1OCCc2c1cccc2C(F)(F)F. The summed E-state index contributed by atoms with van der Waals surface area (Å²) in [7, 11) is 0. The van der Waals surface area contributed by atoms with Gasteiger partial charge < -0.3 is 10.5 Å². The molecule has 1 aromatic carbocycles. The average molecular weight is 231 g/mol. The summed E-state index contributed by atoms with van der Waals surface area (Å²) in [5.41, 5.74) is 5.81. The number of alkyl halides is 3. The second kappa shape index (κ2) is 4.07. The van der Waals surface area contributed by atoms with Gasteiger partial charge in [-0.05, 0) is 23.6 Å². The van der Waals surface area contributed by atoms with Gasteiger partial charge in [0.15, 0.2) is 0 Å². The number of fused-ring (bicyclic) bond motifs is 1. The Labute approximate surface area is 91.2 Å². The molecule has 0 amide bonds. The van der Waals surface area contributed by atoms with Crippen LogP contribution in [-0.4, -0.2) is 13.2 Å². The highest BCUT2D eigenvalue weighted by atomic mass is 19.4. The highest BCUT2D eigenvalue weighted by Crippen LogP contribution is 2.37. The molecule has 0 aromatic heterocycles. The van der Waals surface area contributed by atoms with Crippen LogP contribution in [0.3, 0.4) is 0 Å². The van der Waals surface area contributed by atoms with Gasteiger partial charge in [-0.25, -0.2) is 0 Å². The Hall–Kier alpha value is -1.07. The molecule has 0 spiro atoms. The quantitative estimate of drug-likeness (QED) is 0.804. The second-order valence-corrected chi connectivity index (χ2v) is 3.72. The summed E-state index contributed by atoms with van der Waals surface area (Å²) in [5, 5.41) is 0. The van der Waals surface area contributed by atoms with Crippen molar-refractivity contribution in [3.05, 3.63) is 34.9 Å². The lowest BCUT2D eigenvalue weighted by atomic mass is 9.92. The molecule has 2 rings (SSSR count). The van der Waals surface area contributed by atoms with Crippen molar-refractivity contribution < 1.29 is 17.9 Å². The number of rotatable bonds is 1. The molecule has 1 aliphatic heterocycles. The minimum absolute atomic E-state index is 0.203. The van der Waals surface area contributed by atoms with Crippen LogP contribution in [0.4, 0.5) is 13.2 Å². The number of ether oxygens (including phenoxy) is 1. The summed E-state index contributed by atoms with van der Waals surface area (Å²) in [6.45, 7) is 0.496. The van der Waals surface area contributed by atoms with Crippen LogP contribution in [0.15, 0.2) is 18.2 Å². The van der Waals surface area contributed by atoms with Crippen LogP contribution in [0.5, 0.6) is 0 Å². The van der Waals surface area contributed by atoms with E-state index in [4.69, 9.17) is 10.5 Å². The molecule has 1 atom stereocenters. The Morgan fingerprint density at radius 2 is 2.12 bits per heavy atom. The molecule has 1 heterocycles. The highest BCUT2D eigenvalue weighted by molar-refractivity contribution is 5.40. The molecule has 0 saturated heterocycles. The number of hydrogen-bond acceptors (Lipinski definition) is 2. The van der Waals surface area contributed by atoms with Crippen LogP contribution in [0.2, 0.25) is 0 Å². The van der Waals surface area contributed by atoms with E-state index in [0.717, 1.165) is 6.07 Å². The third kappa shape index (κ3) is 1.92. The van der Waals surface area contributed by atoms with Crippen LogP contribution in [0, 0.1) is 0 Å². The van der Waals surface area contributed by atoms with Gasteiger partial charge in [0, 0.05) is 6.54 Å². The predicted octanol–water partition coefficient (Wildman–Crippen LogP) is 2.28. The zero-order valence-electron chi connectivity index (χ0n) is 8.55. The minimum atomic E-state index is -4.30. The van der Waals surface area contributed by atoms with Gasteiger partial charge in [-0.15, -0.1) is 0 Å². The predicted molar refractivity (Wildman–Crippen MR) is 52.9 cm³/mol. The third-order valence-corrected chi connectivity index (χ3v) is 2.75. The Kier molecular flexibility index (Phi) is 2.90. The third-order valence-electron chi connectivity index (χ3n) is 2.75. The normalized spacial score (nSPS) is 20.6. The van der Waals surface area contributed by atoms with E-state index in [0.29, 0.717) is 24.2 Å². The van der Waals surface area contributed by atoms with E-state index in [9.17, 15) is 13.2 Å². The van der Waals surface area contributed by atoms with Crippen LogP contribution in [0.1, 0.15) is 22.8 Å². The molecule has 5 heteroatoms. The fourth-order valence-electron chi connectivity index (χ4n) is 2.04. The first-order valence-corrected chi connectivity index (χ1v) is 5.04. The Morgan fingerprint density at radius 1 is 1.38 bits per heavy atom. The van der Waals surface area contributed by atoms with E-state index < -0.39 is 17.8 Å². The number of hydrogen-bond donors (Lipinski definition) is 1. The van der Waals surface area contributed by atoms with E-state index in [1.54, 1.807) is 6.07 Å². The second-order valence-electron chi connectivity index (χ2n) is 3.72. The topological polar surface area (TPSA) is 35.2 Å². The summed E-state index contributed by atoms with van der Waals surface area (Å²) in [5.74, 6) is 0. The maximum atomic E-state index is 12.7. The lowest BCUT2D eigenvalue weighted by Crippen LogP contribution is -2.25. The number of benzene rings is 1. The standard InChI is InChI=1S/C11H12F3NO/c12-11(13,14)9-3-1-2-8-7(9)4-5-16-10(8)6-15/h1-3,10H,4-6,15H2. The van der Waals surface area contributed by atoms with Crippen molar-refractivity contribution in [2.45, 2.75) is 18.7 Å². The lowest BCUT2D eigenvalue weighted by molar-refractivity contribution is -0.138. The molecule has 2 nitrogen and oxygen atoms in total. The highest BCUT2D eigenvalue weighted by Gasteiger charge is 2.35. The molecule has 0 aliphatic carbocycles. The van der Waals surface area contributed by atoms with Crippen molar-refractivity contribution >= 4 is 0 Å². The molecule has 0 saturated carbocycles. The fourth-order valence-corrected chi connectivity index (χ4v) is 2.04. The van der Waals surface area contributed by atoms with Gasteiger partial charge in [-0.3, -0.25) is 0 Å². The zero-order valence-corrected chi connectivity index (χ0v) is 8.55. The fraction of sp³-hybridized carbons (Fsp3) is 0.455. The van der Waals surface area contributed by atoms with Gasteiger partial charge in [0.2, 0.25) is 0 Å². The smallest absolute Gasteiger partial charge is 0.372 e.